The van der Waals surface area contributed by atoms with E-state index in [0.717, 1.165) is 29.9 Å². The molecule has 0 aromatic carbocycles. The molecule has 0 radical (unpaired) electrons. The van der Waals surface area contributed by atoms with Gasteiger partial charge in [-0.2, -0.15) is 0 Å². The molecule has 0 saturated carbocycles. The average Bonchev–Trinajstić information content (AvgIpc) is 3.39. The second-order valence-electron chi connectivity index (χ2n) is 5.48. The predicted octanol–water partition coefficient (Wildman–Crippen LogP) is 2.99. The summed E-state index contributed by atoms with van der Waals surface area (Å²) in [5.41, 5.74) is 5.91. The fourth-order valence-electron chi connectivity index (χ4n) is 2.75. The van der Waals surface area contributed by atoms with Gasteiger partial charge in [-0.05, 0) is 30.8 Å². The second kappa shape index (κ2) is 7.26. The van der Waals surface area contributed by atoms with Crippen molar-refractivity contribution in [3.05, 3.63) is 59.1 Å². The van der Waals surface area contributed by atoms with Crippen LogP contribution in [0.2, 0.25) is 0 Å². The SMILES string of the molecule is CCN(Cc1cccn1-c1nncs1)Cc1cccn1-c1nncs1. The number of nitrogens with zero attached hydrogens (tertiary/aromatic N) is 7. The molecule has 0 unspecified atom stereocenters. The summed E-state index contributed by atoms with van der Waals surface area (Å²) in [4.78, 5) is 2.39. The third kappa shape index (κ3) is 3.39. The molecule has 0 aliphatic rings. The van der Waals surface area contributed by atoms with Gasteiger partial charge in [-0.15, -0.1) is 20.4 Å². The zero-order valence-corrected chi connectivity index (χ0v) is 15.3. The van der Waals surface area contributed by atoms with Crippen LogP contribution in [0.25, 0.3) is 10.3 Å². The normalized spacial score (nSPS) is 11.4. The molecule has 0 atom stereocenters. The lowest BCUT2D eigenvalue weighted by Gasteiger charge is -2.21. The molecular weight excluding hydrogens is 354 g/mol. The molecule has 0 saturated heterocycles. The first-order chi connectivity index (χ1) is 12.3. The fourth-order valence-corrected chi connectivity index (χ4v) is 3.89. The van der Waals surface area contributed by atoms with E-state index in [1.807, 2.05) is 12.4 Å². The average molecular weight is 371 g/mol. The van der Waals surface area contributed by atoms with Gasteiger partial charge in [-0.3, -0.25) is 14.0 Å². The van der Waals surface area contributed by atoms with Crippen LogP contribution in [-0.2, 0) is 13.1 Å². The van der Waals surface area contributed by atoms with Crippen LogP contribution < -0.4 is 0 Å². The predicted molar refractivity (Wildman–Crippen MR) is 98.3 cm³/mol. The molecule has 4 aromatic heterocycles. The Balaban J connectivity index is 1.53. The summed E-state index contributed by atoms with van der Waals surface area (Å²) >= 11 is 3.08. The van der Waals surface area contributed by atoms with Gasteiger partial charge in [-0.1, -0.05) is 29.6 Å². The highest BCUT2D eigenvalue weighted by Crippen LogP contribution is 2.19. The third-order valence-corrected chi connectivity index (χ3v) is 5.37. The maximum Gasteiger partial charge on any atom is 0.216 e. The largest absolute Gasteiger partial charge is 0.294 e. The Labute approximate surface area is 153 Å². The van der Waals surface area contributed by atoms with Crippen molar-refractivity contribution in [1.82, 2.24) is 34.4 Å². The molecule has 0 N–H and O–H groups in total. The summed E-state index contributed by atoms with van der Waals surface area (Å²) in [7, 11) is 0. The van der Waals surface area contributed by atoms with Crippen molar-refractivity contribution in [2.75, 3.05) is 6.54 Å². The van der Waals surface area contributed by atoms with E-state index in [2.05, 4.69) is 65.6 Å². The van der Waals surface area contributed by atoms with E-state index < -0.39 is 0 Å². The maximum absolute atomic E-state index is 4.17. The van der Waals surface area contributed by atoms with Crippen LogP contribution >= 0.6 is 22.7 Å². The highest BCUT2D eigenvalue weighted by Gasteiger charge is 2.13. The van der Waals surface area contributed by atoms with Crippen molar-refractivity contribution in [2.24, 2.45) is 0 Å². The van der Waals surface area contributed by atoms with Crippen molar-refractivity contribution in [1.29, 1.82) is 0 Å². The molecule has 0 bridgehead atoms. The van der Waals surface area contributed by atoms with Crippen LogP contribution in [0.1, 0.15) is 18.3 Å². The molecule has 4 rings (SSSR count). The number of aromatic nitrogens is 6. The van der Waals surface area contributed by atoms with Gasteiger partial charge in [0.15, 0.2) is 0 Å². The first kappa shape index (κ1) is 16.1. The van der Waals surface area contributed by atoms with Gasteiger partial charge in [0, 0.05) is 36.9 Å². The van der Waals surface area contributed by atoms with E-state index in [9.17, 15) is 0 Å². The number of rotatable bonds is 7. The Morgan fingerprint density at radius 2 is 1.40 bits per heavy atom. The second-order valence-corrected chi connectivity index (χ2v) is 7.11. The number of hydrogen-bond acceptors (Lipinski definition) is 7. The van der Waals surface area contributed by atoms with Crippen LogP contribution in [0.3, 0.4) is 0 Å². The lowest BCUT2D eigenvalue weighted by atomic mass is 10.3. The Morgan fingerprint density at radius 1 is 0.880 bits per heavy atom. The van der Waals surface area contributed by atoms with E-state index in [1.165, 1.54) is 34.1 Å². The topological polar surface area (TPSA) is 64.7 Å². The molecule has 4 aromatic rings. The molecule has 4 heterocycles. The lowest BCUT2D eigenvalue weighted by Crippen LogP contribution is -2.24. The van der Waals surface area contributed by atoms with E-state index >= 15 is 0 Å². The first-order valence-corrected chi connectivity index (χ1v) is 9.69. The van der Waals surface area contributed by atoms with Crippen LogP contribution in [-0.4, -0.2) is 41.0 Å². The van der Waals surface area contributed by atoms with Crippen LogP contribution in [0, 0.1) is 0 Å². The van der Waals surface area contributed by atoms with Crippen LogP contribution in [0.5, 0.6) is 0 Å². The van der Waals surface area contributed by atoms with Gasteiger partial charge < -0.3 is 0 Å². The summed E-state index contributed by atoms with van der Waals surface area (Å²) in [6.45, 7) is 4.80. The molecule has 0 amide bonds. The summed E-state index contributed by atoms with van der Waals surface area (Å²) in [6.07, 6.45) is 4.07. The van der Waals surface area contributed by atoms with Gasteiger partial charge in [0.25, 0.3) is 0 Å². The summed E-state index contributed by atoms with van der Waals surface area (Å²) in [6, 6.07) is 8.37. The quantitative estimate of drug-likeness (QED) is 0.500. The Bertz CT molecular complexity index is 834. The van der Waals surface area contributed by atoms with Crippen molar-refractivity contribution < 1.29 is 0 Å². The first-order valence-electron chi connectivity index (χ1n) is 7.93. The molecule has 0 aliphatic carbocycles. The van der Waals surface area contributed by atoms with Gasteiger partial charge in [-0.25, -0.2) is 0 Å². The van der Waals surface area contributed by atoms with Gasteiger partial charge in [0.05, 0.1) is 0 Å². The lowest BCUT2D eigenvalue weighted by molar-refractivity contribution is 0.262. The Hall–Kier alpha value is -2.36. The Kier molecular flexibility index (Phi) is 4.68. The van der Waals surface area contributed by atoms with Crippen molar-refractivity contribution in [3.8, 4) is 10.3 Å². The van der Waals surface area contributed by atoms with Gasteiger partial charge >= 0.3 is 0 Å². The minimum Gasteiger partial charge on any atom is -0.294 e. The molecule has 0 fully saturated rings. The molecule has 7 nitrogen and oxygen atoms in total. The van der Waals surface area contributed by atoms with Crippen LogP contribution in [0.15, 0.2) is 47.7 Å². The number of hydrogen-bond donors (Lipinski definition) is 0. The van der Waals surface area contributed by atoms with E-state index in [1.54, 1.807) is 11.0 Å². The minimum absolute atomic E-state index is 0.838. The Morgan fingerprint density at radius 3 is 1.80 bits per heavy atom. The van der Waals surface area contributed by atoms with E-state index in [-0.39, 0.29) is 0 Å². The summed E-state index contributed by atoms with van der Waals surface area (Å²) in [5, 5.41) is 18.0. The fraction of sp³-hybridized carbons (Fsp3) is 0.250. The van der Waals surface area contributed by atoms with Crippen molar-refractivity contribution in [3.63, 3.8) is 0 Å². The molecular formula is C16H17N7S2. The monoisotopic (exact) mass is 371 g/mol. The van der Waals surface area contributed by atoms with Crippen LogP contribution in [0.4, 0.5) is 0 Å². The smallest absolute Gasteiger partial charge is 0.216 e. The van der Waals surface area contributed by atoms with Gasteiger partial charge in [0.2, 0.25) is 10.3 Å². The van der Waals surface area contributed by atoms with Gasteiger partial charge in [0.1, 0.15) is 11.0 Å². The highest BCUT2D eigenvalue weighted by molar-refractivity contribution is 7.12. The summed E-state index contributed by atoms with van der Waals surface area (Å²) in [5.74, 6) is 0. The van der Waals surface area contributed by atoms with E-state index in [4.69, 9.17) is 0 Å². The third-order valence-electron chi connectivity index (χ3n) is 3.99. The molecule has 25 heavy (non-hydrogen) atoms. The maximum atomic E-state index is 4.17. The molecule has 0 spiro atoms. The van der Waals surface area contributed by atoms with Crippen molar-refractivity contribution in [2.45, 2.75) is 20.0 Å². The van der Waals surface area contributed by atoms with Crippen molar-refractivity contribution >= 4 is 22.7 Å². The summed E-state index contributed by atoms with van der Waals surface area (Å²) < 4.78 is 4.20. The zero-order chi connectivity index (χ0) is 17.1. The highest BCUT2D eigenvalue weighted by atomic mass is 32.1. The minimum atomic E-state index is 0.838. The standard InChI is InChI=1S/C16H17N7S2/c1-2-21(9-13-5-3-7-22(13)15-19-17-11-24-15)10-14-6-4-8-23(14)16-20-18-12-25-16/h3-8,11-12H,2,9-10H2,1H3. The molecule has 128 valence electrons. The zero-order valence-electron chi connectivity index (χ0n) is 13.7. The molecule has 0 aliphatic heterocycles. The van der Waals surface area contributed by atoms with E-state index in [0.29, 0.717) is 0 Å². The molecule has 9 heteroatoms.